The normalized spacial score (nSPS) is 25.3. The van der Waals surface area contributed by atoms with E-state index in [1.807, 2.05) is 69.3 Å². The Bertz CT molecular complexity index is 1580. The summed E-state index contributed by atoms with van der Waals surface area (Å²) in [4.78, 5) is 60.7. The van der Waals surface area contributed by atoms with Crippen molar-refractivity contribution in [2.24, 2.45) is 16.5 Å². The summed E-state index contributed by atoms with van der Waals surface area (Å²) < 4.78 is 5.61. The predicted molar refractivity (Wildman–Crippen MR) is 174 cm³/mol. The fourth-order valence-corrected chi connectivity index (χ4v) is 7.03. The van der Waals surface area contributed by atoms with Crippen molar-refractivity contribution in [1.29, 1.82) is 0 Å². The second-order valence-corrected chi connectivity index (χ2v) is 14.1. The molecule has 47 heavy (non-hydrogen) atoms. The van der Waals surface area contributed by atoms with Crippen LogP contribution < -0.4 is 10.6 Å². The van der Waals surface area contributed by atoms with Crippen LogP contribution in [0.5, 0.6) is 0 Å². The molecular formula is C36H42N4O7. The van der Waals surface area contributed by atoms with E-state index in [0.29, 0.717) is 5.71 Å². The molecule has 2 aromatic carbocycles. The summed E-state index contributed by atoms with van der Waals surface area (Å²) in [7, 11) is 0. The van der Waals surface area contributed by atoms with E-state index in [2.05, 4.69) is 22.4 Å². The number of nitrogens with one attached hydrogen (secondary N) is 2. The first-order valence-corrected chi connectivity index (χ1v) is 16.3. The number of carboxylic acids is 1. The largest absolute Gasteiger partial charge is 0.479 e. The summed E-state index contributed by atoms with van der Waals surface area (Å²) in [5.74, 6) is -2.68. The smallest absolute Gasteiger partial charge is 0.408 e. The number of amides is 3. The van der Waals surface area contributed by atoms with Gasteiger partial charge in [0.15, 0.2) is 0 Å². The topological polar surface area (TPSA) is 147 Å². The minimum absolute atomic E-state index is 0.00782. The van der Waals surface area contributed by atoms with E-state index >= 15 is 0 Å². The first-order chi connectivity index (χ1) is 22.4. The Kier molecular flexibility index (Phi) is 8.59. The number of rotatable bonds is 9. The predicted octanol–water partition coefficient (Wildman–Crippen LogP) is 4.63. The molecule has 0 unspecified atom stereocenters. The Hall–Kier alpha value is -4.67. The molecule has 4 aliphatic rings. The van der Waals surface area contributed by atoms with Gasteiger partial charge in [-0.25, -0.2) is 9.59 Å². The minimum atomic E-state index is -1.48. The summed E-state index contributed by atoms with van der Waals surface area (Å²) >= 11 is 0. The molecule has 2 aromatic rings. The number of benzene rings is 2. The lowest BCUT2D eigenvalue weighted by Gasteiger charge is -2.35. The molecule has 3 fully saturated rings. The average molecular weight is 643 g/mol. The van der Waals surface area contributed by atoms with Crippen molar-refractivity contribution < 1.29 is 33.9 Å². The van der Waals surface area contributed by atoms with Gasteiger partial charge in [0, 0.05) is 23.5 Å². The van der Waals surface area contributed by atoms with E-state index in [1.54, 1.807) is 0 Å². The van der Waals surface area contributed by atoms with Crippen LogP contribution in [0.1, 0.15) is 70.4 Å². The third-order valence-electron chi connectivity index (χ3n) is 9.77. The summed E-state index contributed by atoms with van der Waals surface area (Å²) in [6.07, 6.45) is 3.78. The highest BCUT2D eigenvalue weighted by atomic mass is 16.6. The number of aliphatic carboxylic acids is 1. The maximum atomic E-state index is 14.3. The van der Waals surface area contributed by atoms with E-state index in [9.17, 15) is 24.3 Å². The van der Waals surface area contributed by atoms with E-state index in [0.717, 1.165) is 47.9 Å². The number of carbonyl (C=O) groups excluding carboxylic acids is 3. The van der Waals surface area contributed by atoms with Crippen LogP contribution in [0.15, 0.2) is 66.3 Å². The maximum absolute atomic E-state index is 14.3. The van der Waals surface area contributed by atoms with Gasteiger partial charge in [0.25, 0.3) is 0 Å². The van der Waals surface area contributed by atoms with Crippen LogP contribution in [-0.2, 0) is 24.0 Å². The molecule has 0 bridgehead atoms. The second-order valence-electron chi connectivity index (χ2n) is 14.1. The number of nitrogens with zero attached hydrogens (tertiary/aromatic N) is 2. The molecule has 3 amide bonds. The molecule has 3 N–H and O–H groups in total. The number of ether oxygens (including phenoxy) is 1. The van der Waals surface area contributed by atoms with Crippen LogP contribution >= 0.6 is 0 Å². The molecule has 5 atom stereocenters. The van der Waals surface area contributed by atoms with Crippen molar-refractivity contribution in [1.82, 2.24) is 15.5 Å². The number of oxime groups is 1. The van der Waals surface area contributed by atoms with E-state index in [1.165, 1.54) is 11.0 Å². The van der Waals surface area contributed by atoms with Crippen LogP contribution in [0.3, 0.4) is 0 Å². The number of carboxylic acid groups (broad SMARTS) is 1. The monoisotopic (exact) mass is 642 g/mol. The zero-order chi connectivity index (χ0) is 33.5. The average Bonchev–Trinajstić information content (AvgIpc) is 3.37. The molecule has 6 rings (SSSR count). The third-order valence-corrected chi connectivity index (χ3v) is 9.77. The molecule has 2 saturated carbocycles. The van der Waals surface area contributed by atoms with E-state index in [4.69, 9.17) is 9.57 Å². The molecule has 1 aliphatic heterocycles. The fourth-order valence-electron chi connectivity index (χ4n) is 7.03. The molecule has 0 spiro atoms. The highest BCUT2D eigenvalue weighted by Gasteiger charge is 2.61. The number of fused-ring (bicyclic) bond motifs is 3. The Morgan fingerprint density at radius 2 is 1.60 bits per heavy atom. The fraction of sp³-hybridized carbons (Fsp3) is 0.472. The summed E-state index contributed by atoms with van der Waals surface area (Å²) in [6, 6.07) is 13.7. The van der Waals surface area contributed by atoms with Gasteiger partial charge in [-0.1, -0.05) is 80.5 Å². The summed E-state index contributed by atoms with van der Waals surface area (Å²) in [5.41, 5.74) is 2.35. The van der Waals surface area contributed by atoms with Crippen molar-refractivity contribution in [3.8, 4) is 11.1 Å². The number of likely N-dealkylation sites (tertiary alicyclic amines) is 1. The lowest BCUT2D eigenvalue weighted by Crippen LogP contribution is -2.59. The van der Waals surface area contributed by atoms with Gasteiger partial charge < -0.3 is 30.2 Å². The van der Waals surface area contributed by atoms with Gasteiger partial charge in [0.05, 0.1) is 6.54 Å². The van der Waals surface area contributed by atoms with Gasteiger partial charge >= 0.3 is 12.1 Å². The van der Waals surface area contributed by atoms with Crippen LogP contribution in [0.25, 0.3) is 11.1 Å². The molecule has 3 aliphatic carbocycles. The molecular weight excluding hydrogens is 600 g/mol. The zero-order valence-corrected chi connectivity index (χ0v) is 27.0. The van der Waals surface area contributed by atoms with Crippen molar-refractivity contribution >= 4 is 29.6 Å². The van der Waals surface area contributed by atoms with Gasteiger partial charge in [0.2, 0.25) is 11.8 Å². The highest BCUT2D eigenvalue weighted by Crippen LogP contribution is 2.45. The van der Waals surface area contributed by atoms with Gasteiger partial charge in [-0.3, -0.25) is 9.59 Å². The van der Waals surface area contributed by atoms with Crippen LogP contribution in [0.2, 0.25) is 0 Å². The van der Waals surface area contributed by atoms with Crippen molar-refractivity contribution in [2.75, 3.05) is 6.54 Å². The van der Waals surface area contributed by atoms with Crippen LogP contribution in [-0.4, -0.2) is 76.0 Å². The first kappa shape index (κ1) is 32.3. The quantitative estimate of drug-likeness (QED) is 0.228. The SMILES string of the molecule is C=C[C@@H]1C[C@@]1(NC(=O)[C@@H]1C[C@@H](ON=C2c3ccccc3-c3ccccc32)CN1C(=O)[C@@H](NC(=O)OC1CCCC1)C(C)(C)C)C(=O)O. The Morgan fingerprint density at radius 3 is 2.13 bits per heavy atom. The summed E-state index contributed by atoms with van der Waals surface area (Å²) in [6.45, 7) is 9.18. The molecule has 1 saturated heterocycles. The minimum Gasteiger partial charge on any atom is -0.479 e. The lowest BCUT2D eigenvalue weighted by atomic mass is 9.85. The van der Waals surface area contributed by atoms with Crippen molar-refractivity contribution in [2.45, 2.75) is 89.1 Å². The zero-order valence-electron chi connectivity index (χ0n) is 27.0. The van der Waals surface area contributed by atoms with Crippen molar-refractivity contribution in [3.63, 3.8) is 0 Å². The molecule has 0 aromatic heterocycles. The Balaban J connectivity index is 1.26. The van der Waals surface area contributed by atoms with Crippen LogP contribution in [0, 0.1) is 11.3 Å². The number of alkyl carbamates (subject to hydrolysis) is 1. The highest BCUT2D eigenvalue weighted by molar-refractivity contribution is 6.24. The van der Waals surface area contributed by atoms with E-state index < -0.39 is 58.9 Å². The number of hydrogen-bond donors (Lipinski definition) is 3. The molecule has 1 heterocycles. The maximum Gasteiger partial charge on any atom is 0.408 e. The third kappa shape index (κ3) is 6.23. The second kappa shape index (κ2) is 12.5. The van der Waals surface area contributed by atoms with Gasteiger partial charge in [-0.15, -0.1) is 6.58 Å². The summed E-state index contributed by atoms with van der Waals surface area (Å²) in [5, 5.41) is 20.0. The lowest BCUT2D eigenvalue weighted by molar-refractivity contribution is -0.146. The number of hydrogen-bond acceptors (Lipinski definition) is 7. The molecule has 11 heteroatoms. The Labute approximate surface area is 274 Å². The van der Waals surface area contributed by atoms with Gasteiger partial charge in [-0.2, -0.15) is 0 Å². The van der Waals surface area contributed by atoms with Gasteiger partial charge in [-0.05, 0) is 48.6 Å². The molecule has 248 valence electrons. The standard InChI is InChI=1S/C36H42N4O7/c1-5-21-19-36(21,33(43)44)38-31(41)28-18-23(47-39-29-26-16-10-8-14-24(26)25-15-9-11-17-27(25)29)20-40(28)32(42)30(35(2,3)4)37-34(45)46-22-12-6-7-13-22/h5,8-11,14-17,21-23,28,30H,1,6-7,12-13,18-20H2,2-4H3,(H,37,45)(H,38,41)(H,43,44)/t21-,23-,28+,30-,36+/m1/s1. The molecule has 0 radical (unpaired) electrons. The van der Waals surface area contributed by atoms with E-state index in [-0.39, 0.29) is 25.5 Å². The van der Waals surface area contributed by atoms with Crippen LogP contribution in [0.4, 0.5) is 4.79 Å². The van der Waals surface area contributed by atoms with Crippen molar-refractivity contribution in [3.05, 3.63) is 72.3 Å². The molecule has 11 nitrogen and oxygen atoms in total. The number of carbonyl (C=O) groups is 4. The Morgan fingerprint density at radius 1 is 1.00 bits per heavy atom. The van der Waals surface area contributed by atoms with Gasteiger partial charge in [0.1, 0.15) is 35.5 Å². The first-order valence-electron chi connectivity index (χ1n) is 16.3.